The fourth-order valence-electron chi connectivity index (χ4n) is 1.83. The predicted molar refractivity (Wildman–Crippen MR) is 81.4 cm³/mol. The summed E-state index contributed by atoms with van der Waals surface area (Å²) in [5.74, 6) is 0.229. The maximum Gasteiger partial charge on any atom is 0.189 e. The SMILES string of the molecule is CCCCS(=O)(=O)c1cnc(N2CCNCC2)s1.Cl. The minimum Gasteiger partial charge on any atom is -0.346 e. The number of nitrogens with zero attached hydrogens (tertiary/aromatic N) is 2. The first-order valence-electron chi connectivity index (χ1n) is 6.28. The topological polar surface area (TPSA) is 62.3 Å². The Bertz CT molecular complexity index is 484. The van der Waals surface area contributed by atoms with Gasteiger partial charge in [-0.2, -0.15) is 0 Å². The number of piperazine rings is 1. The van der Waals surface area contributed by atoms with Crippen LogP contribution in [-0.4, -0.2) is 45.3 Å². The number of aromatic nitrogens is 1. The highest BCUT2D eigenvalue weighted by atomic mass is 35.5. The summed E-state index contributed by atoms with van der Waals surface area (Å²) < 4.78 is 24.5. The van der Waals surface area contributed by atoms with Gasteiger partial charge in [0.15, 0.2) is 15.0 Å². The van der Waals surface area contributed by atoms with E-state index in [2.05, 4.69) is 15.2 Å². The molecule has 0 bridgehead atoms. The second kappa shape index (κ2) is 7.42. The van der Waals surface area contributed by atoms with Crippen LogP contribution in [0.2, 0.25) is 0 Å². The van der Waals surface area contributed by atoms with Crippen molar-refractivity contribution in [3.05, 3.63) is 6.20 Å². The summed E-state index contributed by atoms with van der Waals surface area (Å²) in [6, 6.07) is 0. The van der Waals surface area contributed by atoms with Crippen LogP contribution in [0.1, 0.15) is 19.8 Å². The van der Waals surface area contributed by atoms with Gasteiger partial charge in [-0.05, 0) is 6.42 Å². The quantitative estimate of drug-likeness (QED) is 0.890. The van der Waals surface area contributed by atoms with Crippen LogP contribution < -0.4 is 10.2 Å². The van der Waals surface area contributed by atoms with Crippen molar-refractivity contribution in [2.45, 2.75) is 24.0 Å². The minimum atomic E-state index is -3.13. The molecule has 1 aliphatic rings. The van der Waals surface area contributed by atoms with Crippen LogP contribution in [0.5, 0.6) is 0 Å². The highest BCUT2D eigenvalue weighted by Crippen LogP contribution is 2.27. The molecule has 0 aliphatic carbocycles. The zero-order valence-corrected chi connectivity index (χ0v) is 13.4. The fourth-order valence-corrected chi connectivity index (χ4v) is 4.60. The van der Waals surface area contributed by atoms with Gasteiger partial charge >= 0.3 is 0 Å². The van der Waals surface area contributed by atoms with Gasteiger partial charge in [-0.25, -0.2) is 13.4 Å². The summed E-state index contributed by atoms with van der Waals surface area (Å²) in [7, 11) is -3.13. The van der Waals surface area contributed by atoms with Crippen molar-refractivity contribution in [1.29, 1.82) is 0 Å². The molecular formula is C11H20ClN3O2S2. The third-order valence-electron chi connectivity index (χ3n) is 2.93. The lowest BCUT2D eigenvalue weighted by atomic mass is 10.4. The Kier molecular flexibility index (Phi) is 6.52. The zero-order chi connectivity index (χ0) is 13.0. The van der Waals surface area contributed by atoms with E-state index >= 15 is 0 Å². The number of hydrogen-bond acceptors (Lipinski definition) is 6. The number of thiazole rings is 1. The molecule has 8 heteroatoms. The summed E-state index contributed by atoms with van der Waals surface area (Å²) in [5.41, 5.74) is 0. The number of rotatable bonds is 5. The van der Waals surface area contributed by atoms with E-state index in [1.165, 1.54) is 17.5 Å². The molecule has 0 amide bonds. The van der Waals surface area contributed by atoms with Gasteiger partial charge in [0, 0.05) is 26.2 Å². The average molecular weight is 326 g/mol. The maximum atomic E-state index is 12.0. The lowest BCUT2D eigenvalue weighted by molar-refractivity contribution is 0.588. The summed E-state index contributed by atoms with van der Waals surface area (Å²) in [5, 5.41) is 4.09. The second-order valence-corrected chi connectivity index (χ2v) is 7.72. The lowest BCUT2D eigenvalue weighted by Crippen LogP contribution is -2.43. The number of unbranched alkanes of at least 4 members (excludes halogenated alkanes) is 1. The molecule has 110 valence electrons. The highest BCUT2D eigenvalue weighted by molar-refractivity contribution is 7.93. The summed E-state index contributed by atoms with van der Waals surface area (Å²) in [4.78, 5) is 6.39. The van der Waals surface area contributed by atoms with E-state index in [1.807, 2.05) is 6.92 Å². The summed E-state index contributed by atoms with van der Waals surface area (Å²) in [6.07, 6.45) is 3.11. The Morgan fingerprint density at radius 2 is 2.11 bits per heavy atom. The van der Waals surface area contributed by atoms with Crippen molar-refractivity contribution < 1.29 is 8.42 Å². The molecule has 0 atom stereocenters. The molecule has 2 heterocycles. The Balaban J connectivity index is 0.00000180. The molecule has 1 aromatic rings. The first-order chi connectivity index (χ1) is 8.63. The van der Waals surface area contributed by atoms with Gasteiger partial charge in [0.2, 0.25) is 0 Å². The molecule has 0 radical (unpaired) electrons. The fraction of sp³-hybridized carbons (Fsp3) is 0.727. The number of hydrogen-bond donors (Lipinski definition) is 1. The van der Waals surface area contributed by atoms with Crippen molar-refractivity contribution in [2.75, 3.05) is 36.8 Å². The maximum absolute atomic E-state index is 12.0. The van der Waals surface area contributed by atoms with E-state index in [0.717, 1.165) is 37.7 Å². The smallest absolute Gasteiger partial charge is 0.189 e. The Hall–Kier alpha value is -0.370. The molecule has 1 N–H and O–H groups in total. The van der Waals surface area contributed by atoms with Crippen molar-refractivity contribution in [3.8, 4) is 0 Å². The first kappa shape index (κ1) is 16.7. The van der Waals surface area contributed by atoms with Crippen LogP contribution in [0, 0.1) is 0 Å². The molecule has 1 aromatic heterocycles. The third kappa shape index (κ3) is 4.30. The molecule has 2 rings (SSSR count). The molecule has 1 saturated heterocycles. The summed E-state index contributed by atoms with van der Waals surface area (Å²) in [6.45, 7) is 5.63. The number of nitrogens with one attached hydrogen (secondary N) is 1. The molecule has 1 aliphatic heterocycles. The average Bonchev–Trinajstić information content (AvgIpc) is 2.88. The lowest BCUT2D eigenvalue weighted by Gasteiger charge is -2.26. The van der Waals surface area contributed by atoms with Gasteiger partial charge in [0.1, 0.15) is 4.21 Å². The van der Waals surface area contributed by atoms with Crippen LogP contribution in [0.15, 0.2) is 10.4 Å². The van der Waals surface area contributed by atoms with Crippen LogP contribution in [0.25, 0.3) is 0 Å². The molecule has 1 fully saturated rings. The van der Waals surface area contributed by atoms with E-state index in [-0.39, 0.29) is 18.2 Å². The van der Waals surface area contributed by atoms with E-state index in [4.69, 9.17) is 0 Å². The van der Waals surface area contributed by atoms with Crippen molar-refractivity contribution in [1.82, 2.24) is 10.3 Å². The van der Waals surface area contributed by atoms with Gasteiger partial charge in [0.25, 0.3) is 0 Å². The first-order valence-corrected chi connectivity index (χ1v) is 8.74. The normalized spacial score (nSPS) is 16.2. The van der Waals surface area contributed by atoms with Crippen molar-refractivity contribution in [3.63, 3.8) is 0 Å². The van der Waals surface area contributed by atoms with Crippen LogP contribution >= 0.6 is 23.7 Å². The Morgan fingerprint density at radius 3 is 2.74 bits per heavy atom. The monoisotopic (exact) mass is 325 g/mol. The van der Waals surface area contributed by atoms with Crippen molar-refractivity contribution in [2.24, 2.45) is 0 Å². The molecule has 0 saturated carbocycles. The molecular weight excluding hydrogens is 306 g/mol. The molecule has 5 nitrogen and oxygen atoms in total. The molecule has 0 spiro atoms. The van der Waals surface area contributed by atoms with Crippen molar-refractivity contribution >= 4 is 38.7 Å². The van der Waals surface area contributed by atoms with Gasteiger partial charge in [-0.3, -0.25) is 0 Å². The third-order valence-corrected chi connectivity index (χ3v) is 6.34. The number of halogens is 1. The minimum absolute atomic E-state index is 0. The standard InChI is InChI=1S/C11H19N3O2S2.ClH/c1-2-3-8-18(15,16)10-9-13-11(17-10)14-6-4-12-5-7-14;/h9,12H,2-8H2,1H3;1H. The van der Waals surface area contributed by atoms with E-state index in [9.17, 15) is 8.42 Å². The number of sulfone groups is 1. The zero-order valence-electron chi connectivity index (χ0n) is 11.0. The van der Waals surface area contributed by atoms with E-state index in [0.29, 0.717) is 10.6 Å². The van der Waals surface area contributed by atoms with Crippen LogP contribution in [0.3, 0.4) is 0 Å². The van der Waals surface area contributed by atoms with E-state index in [1.54, 1.807) is 0 Å². The van der Waals surface area contributed by atoms with Crippen LogP contribution in [-0.2, 0) is 9.84 Å². The summed E-state index contributed by atoms with van der Waals surface area (Å²) >= 11 is 1.30. The molecule has 19 heavy (non-hydrogen) atoms. The number of anilines is 1. The van der Waals surface area contributed by atoms with Gasteiger partial charge in [-0.15, -0.1) is 12.4 Å². The Labute approximate surface area is 124 Å². The predicted octanol–water partition coefficient (Wildman–Crippen LogP) is 1.55. The van der Waals surface area contributed by atoms with E-state index < -0.39 is 9.84 Å². The largest absolute Gasteiger partial charge is 0.346 e. The second-order valence-electron chi connectivity index (χ2n) is 4.37. The van der Waals surface area contributed by atoms with Crippen LogP contribution in [0.4, 0.5) is 5.13 Å². The van der Waals surface area contributed by atoms with Gasteiger partial charge in [0.05, 0.1) is 11.9 Å². The van der Waals surface area contributed by atoms with Gasteiger partial charge < -0.3 is 10.2 Å². The van der Waals surface area contributed by atoms with Gasteiger partial charge in [-0.1, -0.05) is 24.7 Å². The highest BCUT2D eigenvalue weighted by Gasteiger charge is 2.20. The Morgan fingerprint density at radius 1 is 1.42 bits per heavy atom. The molecule has 0 aromatic carbocycles. The molecule has 0 unspecified atom stereocenters.